The van der Waals surface area contributed by atoms with Crippen LogP contribution in [-0.2, 0) is 12.8 Å². The van der Waals surface area contributed by atoms with E-state index in [1.54, 1.807) is 0 Å². The average Bonchev–Trinajstić information content (AvgIpc) is 3.36. The molecule has 0 aliphatic carbocycles. The summed E-state index contributed by atoms with van der Waals surface area (Å²) in [5, 5.41) is 0. The van der Waals surface area contributed by atoms with Crippen molar-refractivity contribution in [2.75, 3.05) is 112 Å². The SMILES string of the molecule is C.C.C.C.CN(CN(C)c1ccc(N)cc1)c1ccc(N)cc1.Cc1cc(N)ccc1Cc1ccc(N)cc1C.Nc1ccc(Cc2ccc(N)cc2)cc1.Nc1ccc(N2CCN(c3ccc(N)cc3)CC2)cc1. The molecule has 0 unspecified atom stereocenters. The Kier molecular flexibility index (Phi) is 25.3. The van der Waals surface area contributed by atoms with Crippen molar-refractivity contribution in [3.05, 3.63) is 215 Å². The number of benzene rings is 8. The molecule has 16 N–H and O–H groups in total. The van der Waals surface area contributed by atoms with Crippen molar-refractivity contribution in [2.24, 2.45) is 0 Å². The molecule has 0 saturated carbocycles. The Morgan fingerprint density at radius 3 is 0.867 bits per heavy atom. The van der Waals surface area contributed by atoms with Crippen LogP contribution in [0.25, 0.3) is 0 Å². The first-order valence-electron chi connectivity index (χ1n) is 23.8. The molecule has 1 heterocycles. The van der Waals surface area contributed by atoms with Gasteiger partial charge in [-0.05, 0) is 206 Å². The predicted octanol–water partition coefficient (Wildman–Crippen LogP) is 12.6. The molecule has 0 radical (unpaired) electrons. The summed E-state index contributed by atoms with van der Waals surface area (Å²) < 4.78 is 0. The monoisotopic (exact) mass is 1010 g/mol. The summed E-state index contributed by atoms with van der Waals surface area (Å²) in [4.78, 5) is 9.12. The molecule has 0 spiro atoms. The fourth-order valence-electron chi connectivity index (χ4n) is 8.08. The van der Waals surface area contributed by atoms with E-state index in [-0.39, 0.29) is 29.7 Å². The highest BCUT2D eigenvalue weighted by Gasteiger charge is 2.17. The molecule has 1 aliphatic rings. The van der Waals surface area contributed by atoms with Crippen molar-refractivity contribution in [3.63, 3.8) is 0 Å². The molecule has 1 fully saturated rings. The van der Waals surface area contributed by atoms with Gasteiger partial charge in [0.05, 0.1) is 6.67 Å². The molecule has 8 aromatic carbocycles. The van der Waals surface area contributed by atoms with Crippen LogP contribution in [-0.4, -0.2) is 46.9 Å². The number of nitrogens with zero attached hydrogens (tertiary/aromatic N) is 4. The molecule has 8 aromatic rings. The lowest BCUT2D eigenvalue weighted by Gasteiger charge is -2.37. The summed E-state index contributed by atoms with van der Waals surface area (Å²) in [6.07, 6.45) is 1.85. The topological polar surface area (TPSA) is 221 Å². The summed E-state index contributed by atoms with van der Waals surface area (Å²) in [5.41, 5.74) is 64.4. The lowest BCUT2D eigenvalue weighted by molar-refractivity contribution is 0.653. The van der Waals surface area contributed by atoms with Gasteiger partial charge in [-0.2, -0.15) is 0 Å². The van der Waals surface area contributed by atoms with Crippen LogP contribution < -0.4 is 65.5 Å². The maximum absolute atomic E-state index is 5.75. The first kappa shape index (κ1) is 62.5. The molecule has 0 bridgehead atoms. The quantitative estimate of drug-likeness (QED) is 0.0474. The van der Waals surface area contributed by atoms with Gasteiger partial charge in [0.25, 0.3) is 0 Å². The molecule has 12 heteroatoms. The van der Waals surface area contributed by atoms with Gasteiger partial charge in [0.1, 0.15) is 0 Å². The maximum Gasteiger partial charge on any atom is 0.0896 e. The van der Waals surface area contributed by atoms with Crippen LogP contribution in [0.1, 0.15) is 63.1 Å². The molecule has 0 aromatic heterocycles. The summed E-state index contributed by atoms with van der Waals surface area (Å²) >= 11 is 0. The standard InChI is InChI=1S/C16H20N4.C15H20N4.C15H18N2.C13H14N2.4CH4/c17-13-1-5-15(6-2-13)19-9-11-20(12-10-19)16-7-3-14(18)4-8-16;1-18(14-7-3-12(16)4-8-14)11-19(2)15-9-5-13(17)6-10-15;1-10-7-14(16)5-3-12(10)9-13-4-6-15(17)8-11(13)2;14-12-5-1-10(2-6-12)9-11-3-7-13(15)8-4-11;;;;/h1-8H,9-12,17-18H2;3-10H,11,16-17H2,1-2H3;3-8H,9,16-17H2,1-2H3;1-8H,9,14-15H2;4*1H4. The zero-order valence-corrected chi connectivity index (χ0v) is 41.7. The van der Waals surface area contributed by atoms with Crippen molar-refractivity contribution >= 4 is 68.2 Å². The van der Waals surface area contributed by atoms with Gasteiger partial charge < -0.3 is 65.5 Å². The normalized spacial score (nSPS) is 11.1. The average molecular weight is 1010 g/mol. The van der Waals surface area contributed by atoms with Gasteiger partial charge in [-0.3, -0.25) is 0 Å². The number of rotatable bonds is 10. The van der Waals surface area contributed by atoms with Gasteiger partial charge in [-0.15, -0.1) is 0 Å². The van der Waals surface area contributed by atoms with E-state index in [0.717, 1.165) is 103 Å². The summed E-state index contributed by atoms with van der Waals surface area (Å²) in [6, 6.07) is 59.9. The third-order valence-corrected chi connectivity index (χ3v) is 12.4. The molecule has 75 heavy (non-hydrogen) atoms. The first-order chi connectivity index (χ1) is 34.1. The fourth-order valence-corrected chi connectivity index (χ4v) is 8.08. The van der Waals surface area contributed by atoms with Gasteiger partial charge in [0.15, 0.2) is 0 Å². The van der Waals surface area contributed by atoms with E-state index in [1.807, 2.05) is 146 Å². The van der Waals surface area contributed by atoms with Crippen LogP contribution in [0.5, 0.6) is 0 Å². The maximum atomic E-state index is 5.75. The minimum Gasteiger partial charge on any atom is -0.399 e. The van der Waals surface area contributed by atoms with Crippen molar-refractivity contribution in [3.8, 4) is 0 Å². The van der Waals surface area contributed by atoms with Gasteiger partial charge >= 0.3 is 0 Å². The summed E-state index contributed by atoms with van der Waals surface area (Å²) in [5.74, 6) is 0. The summed E-state index contributed by atoms with van der Waals surface area (Å²) in [6.45, 7) is 9.07. The van der Waals surface area contributed by atoms with Gasteiger partial charge in [0, 0.05) is 109 Å². The minimum atomic E-state index is 0. The zero-order chi connectivity index (χ0) is 50.9. The molecular formula is C63H88N12. The number of hydrogen-bond donors (Lipinski definition) is 8. The number of piperazine rings is 1. The second-order valence-corrected chi connectivity index (χ2v) is 18.1. The zero-order valence-electron chi connectivity index (χ0n) is 41.7. The fraction of sp³-hybridized carbons (Fsp3) is 0.238. The molecule has 400 valence electrons. The molecule has 1 aliphatic heterocycles. The number of anilines is 12. The minimum absolute atomic E-state index is 0. The number of nitrogen functional groups attached to an aromatic ring is 8. The largest absolute Gasteiger partial charge is 0.399 e. The Morgan fingerprint density at radius 2 is 0.587 bits per heavy atom. The molecule has 9 rings (SSSR count). The number of aryl methyl sites for hydroxylation is 2. The first-order valence-corrected chi connectivity index (χ1v) is 23.8. The number of hydrogen-bond acceptors (Lipinski definition) is 12. The van der Waals surface area contributed by atoms with Crippen LogP contribution >= 0.6 is 0 Å². The van der Waals surface area contributed by atoms with E-state index < -0.39 is 0 Å². The van der Waals surface area contributed by atoms with Crippen LogP contribution in [0.3, 0.4) is 0 Å². The van der Waals surface area contributed by atoms with Crippen LogP contribution in [0.4, 0.5) is 68.2 Å². The highest BCUT2D eigenvalue weighted by molar-refractivity contribution is 5.59. The lowest BCUT2D eigenvalue weighted by Crippen LogP contribution is -2.46. The van der Waals surface area contributed by atoms with E-state index in [0.29, 0.717) is 0 Å². The third kappa shape index (κ3) is 19.7. The molecule has 12 nitrogen and oxygen atoms in total. The highest BCUT2D eigenvalue weighted by atomic mass is 15.3. The molecule has 0 amide bonds. The third-order valence-electron chi connectivity index (χ3n) is 12.4. The second kappa shape index (κ2) is 30.4. The highest BCUT2D eigenvalue weighted by Crippen LogP contribution is 2.24. The van der Waals surface area contributed by atoms with Crippen molar-refractivity contribution < 1.29 is 0 Å². The Bertz CT molecular complexity index is 2650. The number of nitrogens with two attached hydrogens (primary N) is 8. The van der Waals surface area contributed by atoms with Crippen molar-refractivity contribution in [2.45, 2.75) is 56.4 Å². The molecule has 0 atom stereocenters. The van der Waals surface area contributed by atoms with Gasteiger partial charge in [-0.25, -0.2) is 0 Å². The van der Waals surface area contributed by atoms with Crippen molar-refractivity contribution in [1.82, 2.24) is 0 Å². The van der Waals surface area contributed by atoms with E-state index >= 15 is 0 Å². The Labute approximate surface area is 450 Å². The van der Waals surface area contributed by atoms with E-state index in [2.05, 4.69) is 83.9 Å². The van der Waals surface area contributed by atoms with E-state index in [4.69, 9.17) is 45.9 Å². The predicted molar refractivity (Wildman–Crippen MR) is 335 cm³/mol. The lowest BCUT2D eigenvalue weighted by atomic mass is 9.97. The Morgan fingerprint density at radius 1 is 0.333 bits per heavy atom. The van der Waals surface area contributed by atoms with Crippen LogP contribution in [0.15, 0.2) is 182 Å². The van der Waals surface area contributed by atoms with Crippen LogP contribution in [0.2, 0.25) is 0 Å². The van der Waals surface area contributed by atoms with E-state index in [9.17, 15) is 0 Å². The molecular weight excluding hydrogens is 925 g/mol. The molecule has 1 saturated heterocycles. The smallest absolute Gasteiger partial charge is 0.0896 e. The second-order valence-electron chi connectivity index (χ2n) is 18.1. The van der Waals surface area contributed by atoms with Crippen molar-refractivity contribution in [1.29, 1.82) is 0 Å². The Balaban J connectivity index is 0.000000338. The Hall–Kier alpha value is -8.64. The summed E-state index contributed by atoms with van der Waals surface area (Å²) in [7, 11) is 4.11. The van der Waals surface area contributed by atoms with E-state index in [1.165, 1.54) is 44.8 Å². The van der Waals surface area contributed by atoms with Crippen LogP contribution in [0, 0.1) is 13.8 Å². The van der Waals surface area contributed by atoms with Gasteiger partial charge in [-0.1, -0.05) is 66.1 Å². The van der Waals surface area contributed by atoms with Gasteiger partial charge in [0.2, 0.25) is 0 Å².